The summed E-state index contributed by atoms with van der Waals surface area (Å²) >= 11 is 2.99. The van der Waals surface area contributed by atoms with Gasteiger partial charge in [-0.05, 0) is 52.2 Å². The fourth-order valence-corrected chi connectivity index (χ4v) is 5.94. The van der Waals surface area contributed by atoms with Crippen LogP contribution in [0.3, 0.4) is 0 Å². The number of hydrogen-bond donors (Lipinski definition) is 0. The second kappa shape index (κ2) is 8.12. The SMILES string of the molecule is O=S(=O)(c1ccc(F)cc1Br)C1(F)CCN(CCc2ccc(F)cc2F)CC1. The summed E-state index contributed by atoms with van der Waals surface area (Å²) in [5.41, 5.74) is 0.348. The van der Waals surface area contributed by atoms with Gasteiger partial charge in [-0.15, -0.1) is 0 Å². The van der Waals surface area contributed by atoms with Crippen molar-refractivity contribution in [2.24, 2.45) is 0 Å². The zero-order chi connectivity index (χ0) is 20.5. The Morgan fingerprint density at radius 2 is 1.61 bits per heavy atom. The van der Waals surface area contributed by atoms with Gasteiger partial charge in [0.1, 0.15) is 17.5 Å². The van der Waals surface area contributed by atoms with E-state index in [1.165, 1.54) is 12.1 Å². The lowest BCUT2D eigenvalue weighted by Crippen LogP contribution is -2.46. The van der Waals surface area contributed by atoms with Crippen LogP contribution < -0.4 is 0 Å². The minimum Gasteiger partial charge on any atom is -0.303 e. The molecule has 3 rings (SSSR count). The highest BCUT2D eigenvalue weighted by atomic mass is 79.9. The van der Waals surface area contributed by atoms with E-state index in [2.05, 4.69) is 15.9 Å². The Morgan fingerprint density at radius 1 is 1.00 bits per heavy atom. The summed E-state index contributed by atoms with van der Waals surface area (Å²) < 4.78 is 80.8. The summed E-state index contributed by atoms with van der Waals surface area (Å²) in [6.45, 7) is 0.758. The maximum atomic E-state index is 15.3. The normalized spacial score (nSPS) is 17.6. The van der Waals surface area contributed by atoms with Gasteiger partial charge in [-0.25, -0.2) is 26.0 Å². The van der Waals surface area contributed by atoms with Gasteiger partial charge in [0.2, 0.25) is 14.8 Å². The van der Waals surface area contributed by atoms with Crippen LogP contribution in [0.25, 0.3) is 0 Å². The maximum Gasteiger partial charge on any atom is 0.217 e. The highest BCUT2D eigenvalue weighted by Gasteiger charge is 2.48. The number of halogens is 5. The van der Waals surface area contributed by atoms with Crippen molar-refractivity contribution in [3.8, 4) is 0 Å². The smallest absolute Gasteiger partial charge is 0.217 e. The molecule has 0 amide bonds. The first-order chi connectivity index (χ1) is 13.1. The van der Waals surface area contributed by atoms with Crippen molar-refractivity contribution in [1.29, 1.82) is 0 Å². The molecule has 0 spiro atoms. The summed E-state index contributed by atoms with van der Waals surface area (Å²) in [6.07, 6.45) is -0.183. The highest BCUT2D eigenvalue weighted by molar-refractivity contribution is 9.10. The third kappa shape index (κ3) is 4.26. The molecule has 1 saturated heterocycles. The van der Waals surface area contributed by atoms with E-state index in [9.17, 15) is 21.6 Å². The number of likely N-dealkylation sites (tertiary alicyclic amines) is 1. The van der Waals surface area contributed by atoms with Crippen molar-refractivity contribution in [2.45, 2.75) is 29.2 Å². The van der Waals surface area contributed by atoms with Crippen LogP contribution in [0.1, 0.15) is 18.4 Å². The number of hydrogen-bond acceptors (Lipinski definition) is 3. The molecule has 0 aromatic heterocycles. The molecule has 1 aliphatic heterocycles. The van der Waals surface area contributed by atoms with Crippen LogP contribution >= 0.6 is 15.9 Å². The molecule has 0 aliphatic carbocycles. The minimum absolute atomic E-state index is 0.0151. The Bertz CT molecular complexity index is 976. The Labute approximate surface area is 169 Å². The van der Waals surface area contributed by atoms with Gasteiger partial charge in [0.15, 0.2) is 0 Å². The molecule has 0 N–H and O–H groups in total. The third-order valence-electron chi connectivity index (χ3n) is 4.98. The van der Waals surface area contributed by atoms with E-state index < -0.39 is 32.3 Å². The number of nitrogens with zero attached hydrogens (tertiary/aromatic N) is 1. The predicted molar refractivity (Wildman–Crippen MR) is 101 cm³/mol. The third-order valence-corrected chi connectivity index (χ3v) is 8.21. The molecule has 1 fully saturated rings. The lowest BCUT2D eigenvalue weighted by molar-refractivity contribution is 0.120. The van der Waals surface area contributed by atoms with E-state index in [0.717, 1.165) is 24.3 Å². The quantitative estimate of drug-likeness (QED) is 0.462. The fourth-order valence-electron chi connectivity index (χ4n) is 3.27. The summed E-state index contributed by atoms with van der Waals surface area (Å²) in [5, 5.41) is -2.45. The van der Waals surface area contributed by atoms with Crippen LogP contribution in [-0.4, -0.2) is 38.0 Å². The standard InChI is InChI=1S/C19H18BrF4NO2S/c20-16-11-14(21)3-4-18(16)28(26,27)19(24)6-9-25(10-7-19)8-5-13-1-2-15(22)12-17(13)23/h1-4,11-12H,5-10H2. The van der Waals surface area contributed by atoms with Crippen LogP contribution in [0.4, 0.5) is 17.6 Å². The van der Waals surface area contributed by atoms with Gasteiger partial charge >= 0.3 is 0 Å². The van der Waals surface area contributed by atoms with Gasteiger partial charge in [-0.2, -0.15) is 0 Å². The van der Waals surface area contributed by atoms with Gasteiger partial charge in [0.25, 0.3) is 0 Å². The fraction of sp³-hybridized carbons (Fsp3) is 0.368. The molecule has 9 heteroatoms. The highest BCUT2D eigenvalue weighted by Crippen LogP contribution is 2.39. The first kappa shape index (κ1) is 21.3. The number of rotatable bonds is 5. The Hall–Kier alpha value is -1.45. The van der Waals surface area contributed by atoms with Crippen LogP contribution in [0.5, 0.6) is 0 Å². The van der Waals surface area contributed by atoms with Crippen molar-refractivity contribution in [3.63, 3.8) is 0 Å². The second-order valence-electron chi connectivity index (χ2n) is 6.79. The minimum atomic E-state index is -4.32. The number of alkyl halides is 1. The zero-order valence-corrected chi connectivity index (χ0v) is 17.2. The molecule has 28 heavy (non-hydrogen) atoms. The van der Waals surface area contributed by atoms with E-state index in [-0.39, 0.29) is 35.3 Å². The topological polar surface area (TPSA) is 37.4 Å². The molecule has 1 heterocycles. The van der Waals surface area contributed by atoms with Crippen molar-refractivity contribution in [1.82, 2.24) is 4.90 Å². The van der Waals surface area contributed by atoms with Crippen LogP contribution in [0, 0.1) is 17.5 Å². The van der Waals surface area contributed by atoms with Crippen LogP contribution in [-0.2, 0) is 16.3 Å². The summed E-state index contributed by atoms with van der Waals surface area (Å²) in [4.78, 5) is 1.56. The van der Waals surface area contributed by atoms with Crippen LogP contribution in [0.15, 0.2) is 45.8 Å². The molecule has 0 saturated carbocycles. The Kier molecular flexibility index (Phi) is 6.17. The molecule has 152 valence electrons. The van der Waals surface area contributed by atoms with Gasteiger partial charge in [-0.3, -0.25) is 0 Å². The van der Waals surface area contributed by atoms with Crippen molar-refractivity contribution >= 4 is 25.8 Å². The monoisotopic (exact) mass is 479 g/mol. The summed E-state index contributed by atoms with van der Waals surface area (Å²) in [5.74, 6) is -1.92. The number of piperidine rings is 1. The van der Waals surface area contributed by atoms with E-state index in [1.54, 1.807) is 0 Å². The van der Waals surface area contributed by atoms with E-state index in [4.69, 9.17) is 0 Å². The van der Waals surface area contributed by atoms with Crippen molar-refractivity contribution in [3.05, 3.63) is 63.9 Å². The van der Waals surface area contributed by atoms with Crippen LogP contribution in [0.2, 0.25) is 0 Å². The number of benzene rings is 2. The van der Waals surface area contributed by atoms with Gasteiger partial charge in [0, 0.05) is 43.0 Å². The molecular formula is C19H18BrF4NO2S. The number of sulfone groups is 1. The predicted octanol–water partition coefficient (Wildman–Crippen LogP) is 4.64. The van der Waals surface area contributed by atoms with E-state index in [0.29, 0.717) is 18.5 Å². The summed E-state index contributed by atoms with van der Waals surface area (Å²) in [6, 6.07) is 6.37. The Balaban J connectivity index is 1.66. The molecule has 0 radical (unpaired) electrons. The molecule has 0 bridgehead atoms. The second-order valence-corrected chi connectivity index (χ2v) is 9.82. The van der Waals surface area contributed by atoms with Crippen molar-refractivity contribution in [2.75, 3.05) is 19.6 Å². The molecule has 1 aliphatic rings. The largest absolute Gasteiger partial charge is 0.303 e. The first-order valence-electron chi connectivity index (χ1n) is 8.67. The molecule has 2 aromatic rings. The van der Waals surface area contributed by atoms with E-state index >= 15 is 4.39 Å². The molecular weight excluding hydrogens is 462 g/mol. The van der Waals surface area contributed by atoms with Crippen molar-refractivity contribution < 1.29 is 26.0 Å². The zero-order valence-electron chi connectivity index (χ0n) is 14.8. The first-order valence-corrected chi connectivity index (χ1v) is 10.9. The van der Waals surface area contributed by atoms with Gasteiger partial charge < -0.3 is 4.90 Å². The molecule has 3 nitrogen and oxygen atoms in total. The molecule has 0 unspecified atom stereocenters. The van der Waals surface area contributed by atoms with Gasteiger partial charge in [-0.1, -0.05) is 6.07 Å². The maximum absolute atomic E-state index is 15.3. The molecule has 2 aromatic carbocycles. The molecule has 0 atom stereocenters. The summed E-state index contributed by atoms with van der Waals surface area (Å²) in [7, 11) is -4.32. The van der Waals surface area contributed by atoms with Gasteiger partial charge in [0.05, 0.1) is 4.90 Å². The Morgan fingerprint density at radius 3 is 2.21 bits per heavy atom. The lowest BCUT2D eigenvalue weighted by atomic mass is 10.1. The average molecular weight is 480 g/mol. The van der Waals surface area contributed by atoms with E-state index in [1.807, 2.05) is 4.90 Å². The lowest BCUT2D eigenvalue weighted by Gasteiger charge is -2.36. The average Bonchev–Trinajstić information content (AvgIpc) is 2.62.